The Morgan fingerprint density at radius 3 is 2.57 bits per heavy atom. The topological polar surface area (TPSA) is 169 Å². The summed E-state index contributed by atoms with van der Waals surface area (Å²) in [6.45, 7) is -0.551. The zero-order chi connectivity index (χ0) is 15.8. The van der Waals surface area contributed by atoms with Gasteiger partial charge in [0, 0.05) is 13.0 Å². The first-order valence-corrected chi connectivity index (χ1v) is 7.69. The van der Waals surface area contributed by atoms with Gasteiger partial charge in [-0.25, -0.2) is 9.36 Å². The van der Waals surface area contributed by atoms with Crippen LogP contribution in [0.15, 0.2) is 0 Å². The highest BCUT2D eigenvalue weighted by Crippen LogP contribution is 2.37. The van der Waals surface area contributed by atoms with Gasteiger partial charge in [-0.15, -0.1) is 0 Å². The van der Waals surface area contributed by atoms with Gasteiger partial charge in [0.15, 0.2) is 6.23 Å². The summed E-state index contributed by atoms with van der Waals surface area (Å²) < 4.78 is 20.1. The van der Waals surface area contributed by atoms with E-state index < -0.39 is 51.2 Å². The fourth-order valence-corrected chi connectivity index (χ4v) is 2.54. The molecule has 0 aromatic heterocycles. The molecule has 0 spiro atoms. The molecule has 11 nitrogen and oxygen atoms in total. The Morgan fingerprint density at radius 1 is 1.33 bits per heavy atom. The van der Waals surface area contributed by atoms with Crippen LogP contribution in [0.1, 0.15) is 6.42 Å². The molecule has 2 aliphatic heterocycles. The van der Waals surface area contributed by atoms with Crippen molar-refractivity contribution in [1.82, 2.24) is 10.2 Å². The minimum absolute atomic E-state index is 0.0908. The second-order valence-corrected chi connectivity index (χ2v) is 6.02. The highest BCUT2D eigenvalue weighted by Gasteiger charge is 2.48. The Bertz CT molecular complexity index is 443. The number of rotatable bonds is 4. The first kappa shape index (κ1) is 16.6. The second kappa shape index (κ2) is 6.15. The number of aliphatic hydroxyl groups is 3. The summed E-state index contributed by atoms with van der Waals surface area (Å²) >= 11 is 0. The van der Waals surface area contributed by atoms with E-state index in [2.05, 4.69) is 9.84 Å². The number of phosphoric acid groups is 1. The monoisotopic (exact) mass is 328 g/mol. The highest BCUT2D eigenvalue weighted by molar-refractivity contribution is 7.46. The van der Waals surface area contributed by atoms with Gasteiger partial charge in [-0.1, -0.05) is 0 Å². The van der Waals surface area contributed by atoms with E-state index in [1.54, 1.807) is 0 Å². The molecule has 2 amide bonds. The lowest BCUT2D eigenvalue weighted by Gasteiger charge is -2.35. The van der Waals surface area contributed by atoms with E-state index >= 15 is 0 Å². The SMILES string of the molecule is O=C1NC(O)CCN1[C@@H]1O[C@H](COP(=O)(O)O)[C@@H](O)[C@@H]1O. The van der Waals surface area contributed by atoms with E-state index in [0.717, 1.165) is 4.90 Å². The van der Waals surface area contributed by atoms with Gasteiger partial charge >= 0.3 is 13.9 Å². The van der Waals surface area contributed by atoms with Crippen LogP contribution in [0, 0.1) is 0 Å². The standard InChI is InChI=1S/C9H17N2O9P/c12-5-1-2-11(9(15)10-5)8-7(14)6(13)4(20-8)3-19-21(16,17)18/h4-8,12-14H,1-3H2,(H,10,15)(H2,16,17,18)/t4-,5?,6-,7+,8-/m1/s1. The van der Waals surface area contributed by atoms with Crippen molar-refractivity contribution >= 4 is 13.9 Å². The van der Waals surface area contributed by atoms with Crippen molar-refractivity contribution in [3.8, 4) is 0 Å². The largest absolute Gasteiger partial charge is 0.469 e. The Labute approximate surface area is 119 Å². The summed E-state index contributed by atoms with van der Waals surface area (Å²) in [6, 6.07) is -0.679. The molecule has 0 aromatic rings. The van der Waals surface area contributed by atoms with E-state index in [0.29, 0.717) is 0 Å². The van der Waals surface area contributed by atoms with Gasteiger partial charge < -0.3 is 35.2 Å². The first-order valence-electron chi connectivity index (χ1n) is 6.16. The molecular formula is C9H17N2O9P. The van der Waals surface area contributed by atoms with Crippen LogP contribution in [0.25, 0.3) is 0 Å². The van der Waals surface area contributed by atoms with Crippen molar-refractivity contribution in [2.45, 2.75) is 37.2 Å². The first-order chi connectivity index (χ1) is 9.69. The summed E-state index contributed by atoms with van der Waals surface area (Å²) in [7, 11) is -4.74. The van der Waals surface area contributed by atoms with Crippen LogP contribution in [-0.4, -0.2) is 80.0 Å². The van der Waals surface area contributed by atoms with Crippen LogP contribution in [0.2, 0.25) is 0 Å². The molecule has 6 N–H and O–H groups in total. The lowest BCUT2D eigenvalue weighted by atomic mass is 10.1. The number of ether oxygens (including phenoxy) is 1. The number of amides is 2. The van der Waals surface area contributed by atoms with Crippen LogP contribution in [-0.2, 0) is 13.8 Å². The van der Waals surface area contributed by atoms with Gasteiger partial charge in [0.1, 0.15) is 24.5 Å². The molecule has 2 rings (SSSR count). The molecule has 0 bridgehead atoms. The molecule has 2 aliphatic rings. The van der Waals surface area contributed by atoms with Gasteiger partial charge in [-0.05, 0) is 0 Å². The predicted molar refractivity (Wildman–Crippen MR) is 64.5 cm³/mol. The molecule has 0 radical (unpaired) electrons. The van der Waals surface area contributed by atoms with Crippen molar-refractivity contribution < 1.29 is 43.7 Å². The smallest absolute Gasteiger partial charge is 0.387 e. The van der Waals surface area contributed by atoms with Crippen LogP contribution in [0.5, 0.6) is 0 Å². The molecule has 2 heterocycles. The fraction of sp³-hybridized carbons (Fsp3) is 0.889. The van der Waals surface area contributed by atoms with Gasteiger partial charge in [0.25, 0.3) is 0 Å². The minimum atomic E-state index is -4.74. The number of hydrogen-bond donors (Lipinski definition) is 6. The minimum Gasteiger partial charge on any atom is -0.387 e. The molecule has 122 valence electrons. The number of nitrogens with one attached hydrogen (secondary N) is 1. The zero-order valence-electron chi connectivity index (χ0n) is 10.8. The number of carbonyl (C=O) groups is 1. The Balaban J connectivity index is 1.99. The lowest BCUT2D eigenvalue weighted by Crippen LogP contribution is -2.57. The number of urea groups is 1. The van der Waals surface area contributed by atoms with Gasteiger partial charge in [-0.2, -0.15) is 0 Å². The zero-order valence-corrected chi connectivity index (χ0v) is 11.7. The van der Waals surface area contributed by atoms with Crippen LogP contribution >= 0.6 is 7.82 Å². The Hall–Kier alpha value is -0.780. The van der Waals surface area contributed by atoms with Crippen molar-refractivity contribution in [3.05, 3.63) is 0 Å². The normalized spacial score (nSPS) is 37.7. The quantitative estimate of drug-likeness (QED) is 0.300. The van der Waals surface area contributed by atoms with E-state index in [1.165, 1.54) is 0 Å². The van der Waals surface area contributed by atoms with Gasteiger partial charge in [0.05, 0.1) is 6.61 Å². The van der Waals surface area contributed by atoms with E-state index in [-0.39, 0.29) is 13.0 Å². The van der Waals surface area contributed by atoms with E-state index in [1.807, 2.05) is 0 Å². The van der Waals surface area contributed by atoms with E-state index in [9.17, 15) is 24.7 Å². The number of phosphoric ester groups is 1. The third-order valence-electron chi connectivity index (χ3n) is 3.25. The Morgan fingerprint density at radius 2 is 2.00 bits per heavy atom. The average molecular weight is 328 g/mol. The summed E-state index contributed by atoms with van der Waals surface area (Å²) in [5.74, 6) is 0. The maximum Gasteiger partial charge on any atom is 0.469 e. The number of carbonyl (C=O) groups excluding carboxylic acids is 1. The summed E-state index contributed by atoms with van der Waals surface area (Å²) in [5.41, 5.74) is 0. The molecule has 2 fully saturated rings. The Kier molecular flexibility index (Phi) is 4.85. The molecule has 1 unspecified atom stereocenters. The summed E-state index contributed by atoms with van der Waals surface area (Å²) in [4.78, 5) is 30.0. The molecular weight excluding hydrogens is 311 g/mol. The summed E-state index contributed by atoms with van der Waals surface area (Å²) in [5, 5.41) is 31.2. The van der Waals surface area contributed by atoms with Crippen LogP contribution in [0.4, 0.5) is 4.79 Å². The third-order valence-corrected chi connectivity index (χ3v) is 3.73. The van der Waals surface area contributed by atoms with Gasteiger partial charge in [0.2, 0.25) is 0 Å². The predicted octanol–water partition coefficient (Wildman–Crippen LogP) is -2.72. The highest BCUT2D eigenvalue weighted by atomic mass is 31.2. The fourth-order valence-electron chi connectivity index (χ4n) is 2.20. The van der Waals surface area contributed by atoms with Crippen molar-refractivity contribution in [2.75, 3.05) is 13.2 Å². The van der Waals surface area contributed by atoms with Crippen molar-refractivity contribution in [3.63, 3.8) is 0 Å². The van der Waals surface area contributed by atoms with Crippen LogP contribution < -0.4 is 5.32 Å². The summed E-state index contributed by atoms with van der Waals surface area (Å²) in [6.07, 6.45) is -6.11. The number of nitrogens with zero attached hydrogens (tertiary/aromatic N) is 1. The molecule has 12 heteroatoms. The van der Waals surface area contributed by atoms with E-state index in [4.69, 9.17) is 14.5 Å². The molecule has 2 saturated heterocycles. The average Bonchev–Trinajstić information content (AvgIpc) is 2.64. The molecule has 0 aliphatic carbocycles. The maximum absolute atomic E-state index is 11.7. The molecule has 0 aromatic carbocycles. The van der Waals surface area contributed by atoms with Crippen molar-refractivity contribution in [2.24, 2.45) is 0 Å². The number of aliphatic hydroxyl groups excluding tert-OH is 3. The number of hydrogen-bond acceptors (Lipinski definition) is 7. The lowest BCUT2D eigenvalue weighted by molar-refractivity contribution is -0.0888. The van der Waals surface area contributed by atoms with Gasteiger partial charge in [-0.3, -0.25) is 9.42 Å². The maximum atomic E-state index is 11.7. The van der Waals surface area contributed by atoms with Crippen molar-refractivity contribution in [1.29, 1.82) is 0 Å². The van der Waals surface area contributed by atoms with Crippen LogP contribution in [0.3, 0.4) is 0 Å². The third kappa shape index (κ3) is 3.90. The second-order valence-electron chi connectivity index (χ2n) is 4.78. The molecule has 21 heavy (non-hydrogen) atoms. The molecule has 5 atom stereocenters. The molecule has 0 saturated carbocycles.